The molecule has 2 N–H and O–H groups in total. The molecule has 1 saturated carbocycles. The van der Waals surface area contributed by atoms with Crippen LogP contribution >= 0.6 is 0 Å². The number of nitrogens with one attached hydrogen (secondary N) is 2. The Morgan fingerprint density at radius 2 is 1.67 bits per heavy atom. The Kier molecular flexibility index (Phi) is 9.58. The molecule has 0 aliphatic heterocycles. The largest absolute Gasteiger partial charge is 0.496 e. The van der Waals surface area contributed by atoms with E-state index in [1.165, 1.54) is 11.1 Å². The van der Waals surface area contributed by atoms with Gasteiger partial charge in [0.1, 0.15) is 5.75 Å². The molecule has 0 radical (unpaired) electrons. The molecule has 0 heterocycles. The Hall–Kier alpha value is -4.31. The molecule has 7 nitrogen and oxygen atoms in total. The Bertz CT molecular complexity index is 1280. The Balaban J connectivity index is 1.56. The third kappa shape index (κ3) is 6.77. The summed E-state index contributed by atoms with van der Waals surface area (Å²) in [7, 11) is 1.58. The van der Waals surface area contributed by atoms with E-state index in [1.54, 1.807) is 19.2 Å². The van der Waals surface area contributed by atoms with Gasteiger partial charge < -0.3 is 15.0 Å². The highest BCUT2D eigenvalue weighted by Crippen LogP contribution is 2.41. The Morgan fingerprint density at radius 3 is 2.31 bits per heavy atom. The van der Waals surface area contributed by atoms with Gasteiger partial charge in [0.2, 0.25) is 5.96 Å². The zero-order valence-corrected chi connectivity index (χ0v) is 22.8. The lowest BCUT2D eigenvalue weighted by atomic mass is 9.67. The summed E-state index contributed by atoms with van der Waals surface area (Å²) in [6, 6.07) is 28.3. The van der Waals surface area contributed by atoms with Gasteiger partial charge in [-0.25, -0.2) is 0 Å². The lowest BCUT2D eigenvalue weighted by Crippen LogP contribution is -2.51. The van der Waals surface area contributed by atoms with Gasteiger partial charge >= 0.3 is 0 Å². The van der Waals surface area contributed by atoms with Crippen molar-refractivity contribution >= 4 is 11.9 Å². The number of benzene rings is 3. The summed E-state index contributed by atoms with van der Waals surface area (Å²) >= 11 is 0. The van der Waals surface area contributed by atoms with Crippen LogP contribution in [0.1, 0.15) is 54.1 Å². The molecule has 0 saturated heterocycles. The number of amides is 1. The molecule has 0 spiro atoms. The van der Waals surface area contributed by atoms with Gasteiger partial charge in [0, 0.05) is 31.1 Å². The van der Waals surface area contributed by atoms with Gasteiger partial charge in [-0.1, -0.05) is 72.8 Å². The number of hydrogen-bond donors (Lipinski definition) is 2. The number of guanidine groups is 1. The van der Waals surface area contributed by atoms with Gasteiger partial charge in [-0.2, -0.15) is 5.26 Å². The Labute approximate surface area is 231 Å². The van der Waals surface area contributed by atoms with Crippen molar-refractivity contribution in [1.82, 2.24) is 15.5 Å². The lowest BCUT2D eigenvalue weighted by Gasteiger charge is -2.44. The zero-order valence-electron chi connectivity index (χ0n) is 22.8. The zero-order chi connectivity index (χ0) is 27.5. The number of nitrogens with zero attached hydrogens (tertiary/aromatic N) is 3. The molecule has 0 unspecified atom stereocenters. The number of methoxy groups -OCH3 is 1. The smallest absolute Gasteiger partial charge is 0.255 e. The first-order chi connectivity index (χ1) is 19.1. The summed E-state index contributed by atoms with van der Waals surface area (Å²) in [5, 5.41) is 15.5. The second-order valence-electron chi connectivity index (χ2n) is 9.91. The first-order valence-electron chi connectivity index (χ1n) is 13.6. The van der Waals surface area contributed by atoms with Gasteiger partial charge in [-0.05, 0) is 55.9 Å². The van der Waals surface area contributed by atoms with Crippen molar-refractivity contribution in [3.05, 3.63) is 102 Å². The van der Waals surface area contributed by atoms with Crippen LogP contribution < -0.4 is 15.4 Å². The van der Waals surface area contributed by atoms with Crippen LogP contribution in [0.3, 0.4) is 0 Å². The maximum atomic E-state index is 13.2. The van der Waals surface area contributed by atoms with E-state index in [9.17, 15) is 10.1 Å². The van der Waals surface area contributed by atoms with Gasteiger partial charge in [-0.15, -0.1) is 0 Å². The molecule has 0 atom stereocenters. The molecule has 7 heteroatoms. The van der Waals surface area contributed by atoms with E-state index in [0.29, 0.717) is 36.9 Å². The second kappa shape index (κ2) is 13.5. The van der Waals surface area contributed by atoms with E-state index < -0.39 is 0 Å². The highest BCUT2D eigenvalue weighted by Gasteiger charge is 2.39. The maximum absolute atomic E-state index is 13.2. The predicted octanol–water partition coefficient (Wildman–Crippen LogP) is 5.25. The lowest BCUT2D eigenvalue weighted by molar-refractivity contribution is 0.0925. The van der Waals surface area contributed by atoms with Crippen LogP contribution in [0.2, 0.25) is 0 Å². The number of hydrogen-bond acceptors (Lipinski definition) is 4. The van der Waals surface area contributed by atoms with E-state index in [4.69, 9.17) is 4.74 Å². The van der Waals surface area contributed by atoms with Crippen molar-refractivity contribution in [2.45, 2.75) is 50.6 Å². The third-order valence-corrected chi connectivity index (χ3v) is 7.62. The molecule has 0 aromatic heterocycles. The van der Waals surface area contributed by atoms with E-state index in [1.807, 2.05) is 43.3 Å². The molecule has 4 rings (SSSR count). The Morgan fingerprint density at radius 1 is 1.03 bits per heavy atom. The van der Waals surface area contributed by atoms with E-state index in [2.05, 4.69) is 63.1 Å². The van der Waals surface area contributed by atoms with Crippen LogP contribution in [0.15, 0.2) is 89.9 Å². The van der Waals surface area contributed by atoms with Crippen LogP contribution in [0.4, 0.5) is 0 Å². The van der Waals surface area contributed by atoms with Crippen LogP contribution in [0.25, 0.3) is 0 Å². The summed E-state index contributed by atoms with van der Waals surface area (Å²) < 4.78 is 5.41. The fourth-order valence-electron chi connectivity index (χ4n) is 5.56. The van der Waals surface area contributed by atoms with Crippen molar-refractivity contribution in [1.29, 1.82) is 5.26 Å². The number of carbonyl (C=O) groups is 1. The summed E-state index contributed by atoms with van der Waals surface area (Å²) in [6.07, 6.45) is 5.68. The molecule has 3 aromatic rings. The van der Waals surface area contributed by atoms with Crippen molar-refractivity contribution in [2.24, 2.45) is 4.99 Å². The summed E-state index contributed by atoms with van der Waals surface area (Å²) in [6.45, 7) is 3.77. The van der Waals surface area contributed by atoms with Gasteiger partial charge in [-0.3, -0.25) is 15.1 Å². The number of aliphatic imine (C=N–C) groups is 1. The molecular formula is C32H37N5O2. The minimum absolute atomic E-state index is 0.133. The third-order valence-electron chi connectivity index (χ3n) is 7.62. The van der Waals surface area contributed by atoms with Gasteiger partial charge in [0.05, 0.1) is 12.7 Å². The van der Waals surface area contributed by atoms with E-state index in [-0.39, 0.29) is 17.4 Å². The fraction of sp³-hybridized carbons (Fsp3) is 0.344. The highest BCUT2D eigenvalue weighted by atomic mass is 16.5. The van der Waals surface area contributed by atoms with Crippen LogP contribution in [0.5, 0.6) is 5.75 Å². The van der Waals surface area contributed by atoms with Crippen LogP contribution in [-0.2, 0) is 12.0 Å². The van der Waals surface area contributed by atoms with E-state index in [0.717, 1.165) is 25.7 Å². The second-order valence-corrected chi connectivity index (χ2v) is 9.91. The number of nitriles is 1. The first-order valence-corrected chi connectivity index (χ1v) is 13.6. The average Bonchev–Trinajstić information content (AvgIpc) is 3.00. The number of carbonyl (C=O) groups excluding carboxylic acids is 1. The molecule has 1 amide bonds. The number of ether oxygens (including phenoxy) is 1. The normalized spacial score (nSPS) is 19.0. The molecule has 3 aromatic carbocycles. The number of para-hydroxylation sites is 1. The maximum Gasteiger partial charge on any atom is 0.255 e. The predicted molar refractivity (Wildman–Crippen MR) is 154 cm³/mol. The first kappa shape index (κ1) is 27.7. The van der Waals surface area contributed by atoms with Crippen molar-refractivity contribution in [2.75, 3.05) is 20.2 Å². The minimum atomic E-state index is -0.196. The average molecular weight is 524 g/mol. The summed E-state index contributed by atoms with van der Waals surface area (Å²) in [5.74, 6) is 1.05. The van der Waals surface area contributed by atoms with Crippen molar-refractivity contribution in [3.63, 3.8) is 0 Å². The summed E-state index contributed by atoms with van der Waals surface area (Å²) in [4.78, 5) is 20.1. The number of rotatable bonds is 9. The molecule has 202 valence electrons. The van der Waals surface area contributed by atoms with Gasteiger partial charge in [0.15, 0.2) is 6.19 Å². The monoisotopic (exact) mass is 523 g/mol. The molecule has 1 fully saturated rings. The highest BCUT2D eigenvalue weighted by molar-refractivity contribution is 5.97. The topological polar surface area (TPSA) is 89.8 Å². The van der Waals surface area contributed by atoms with Gasteiger partial charge in [0.25, 0.3) is 5.91 Å². The van der Waals surface area contributed by atoms with E-state index >= 15 is 0 Å². The summed E-state index contributed by atoms with van der Waals surface area (Å²) in [5.41, 5.74) is 2.74. The van der Waals surface area contributed by atoms with Crippen LogP contribution in [-0.4, -0.2) is 43.0 Å². The minimum Gasteiger partial charge on any atom is -0.496 e. The SMILES string of the molecule is CC/N=C(\NC#N)N(Cc1ccccc1)C1CCC(CNC(=O)c2ccccc2OC)(c2ccccc2)CC1. The molecule has 1 aliphatic rings. The quantitative estimate of drug-likeness (QED) is 0.173. The fourth-order valence-corrected chi connectivity index (χ4v) is 5.56. The molecule has 0 bridgehead atoms. The molecule has 39 heavy (non-hydrogen) atoms. The molecule has 1 aliphatic carbocycles. The molecular weight excluding hydrogens is 486 g/mol. The van der Waals surface area contributed by atoms with Crippen LogP contribution in [0, 0.1) is 11.5 Å². The van der Waals surface area contributed by atoms with Crippen molar-refractivity contribution < 1.29 is 9.53 Å². The van der Waals surface area contributed by atoms with Crippen molar-refractivity contribution in [3.8, 4) is 11.9 Å². The standard InChI is InChI=1S/C32H37N5O2/c1-3-34-31(36-24-33)37(22-25-12-6-4-7-13-25)27-18-20-32(21-19-27,26-14-8-5-9-15-26)23-35-30(38)28-16-10-11-17-29(28)39-2/h4-17,27H,3,18-23H2,1-2H3,(H,34,36)(H,35,38).